The zero-order chi connectivity index (χ0) is 14.5. The highest BCUT2D eigenvalue weighted by molar-refractivity contribution is 6.44. The summed E-state index contributed by atoms with van der Waals surface area (Å²) in [6.45, 7) is 1.48. The molecule has 1 aliphatic rings. The molecule has 1 aliphatic heterocycles. The summed E-state index contributed by atoms with van der Waals surface area (Å²) in [5, 5.41) is 3.27. The SMILES string of the molecule is O=C(CC(=O)N1CCCCC1)Nc1cccc(Cl)c1Cl. The Morgan fingerprint density at radius 3 is 2.55 bits per heavy atom. The van der Waals surface area contributed by atoms with Gasteiger partial charge in [0.25, 0.3) is 0 Å². The first-order valence-corrected chi connectivity index (χ1v) is 7.35. The highest BCUT2D eigenvalue weighted by atomic mass is 35.5. The largest absolute Gasteiger partial charge is 0.342 e. The van der Waals surface area contributed by atoms with Crippen molar-refractivity contribution < 1.29 is 9.59 Å². The van der Waals surface area contributed by atoms with E-state index in [1.54, 1.807) is 23.1 Å². The Morgan fingerprint density at radius 2 is 1.85 bits per heavy atom. The molecule has 0 bridgehead atoms. The molecule has 0 atom stereocenters. The number of piperidine rings is 1. The highest BCUT2D eigenvalue weighted by Gasteiger charge is 2.19. The molecule has 1 saturated heterocycles. The number of likely N-dealkylation sites (tertiary alicyclic amines) is 1. The summed E-state index contributed by atoms with van der Waals surface area (Å²) in [6, 6.07) is 4.98. The smallest absolute Gasteiger partial charge is 0.233 e. The molecule has 1 aromatic rings. The average molecular weight is 315 g/mol. The van der Waals surface area contributed by atoms with Crippen molar-refractivity contribution in [3.05, 3.63) is 28.2 Å². The van der Waals surface area contributed by atoms with Gasteiger partial charge >= 0.3 is 0 Å². The third-order valence-corrected chi connectivity index (χ3v) is 4.07. The number of anilines is 1. The molecule has 4 nitrogen and oxygen atoms in total. The van der Waals surface area contributed by atoms with E-state index in [0.29, 0.717) is 10.7 Å². The van der Waals surface area contributed by atoms with E-state index >= 15 is 0 Å². The molecule has 20 heavy (non-hydrogen) atoms. The summed E-state index contributed by atoms with van der Waals surface area (Å²) in [6.07, 6.45) is 3.00. The standard InChI is InChI=1S/C14H16Cl2N2O2/c15-10-5-4-6-11(14(10)16)17-12(19)9-13(20)18-7-2-1-3-8-18/h4-6H,1-3,7-9H2,(H,17,19). The van der Waals surface area contributed by atoms with Crippen molar-refractivity contribution in [2.24, 2.45) is 0 Å². The number of carbonyl (C=O) groups is 2. The van der Waals surface area contributed by atoms with Crippen molar-refractivity contribution in [1.82, 2.24) is 4.90 Å². The number of amides is 2. The molecular weight excluding hydrogens is 299 g/mol. The van der Waals surface area contributed by atoms with E-state index in [2.05, 4.69) is 5.32 Å². The van der Waals surface area contributed by atoms with Gasteiger partial charge in [-0.25, -0.2) is 0 Å². The lowest BCUT2D eigenvalue weighted by Crippen LogP contribution is -2.37. The highest BCUT2D eigenvalue weighted by Crippen LogP contribution is 2.29. The molecule has 0 aromatic heterocycles. The van der Waals surface area contributed by atoms with Gasteiger partial charge in [0.1, 0.15) is 6.42 Å². The van der Waals surface area contributed by atoms with Crippen LogP contribution in [-0.4, -0.2) is 29.8 Å². The van der Waals surface area contributed by atoms with Gasteiger partial charge in [0.05, 0.1) is 15.7 Å². The van der Waals surface area contributed by atoms with Gasteiger partial charge in [-0.1, -0.05) is 29.3 Å². The first-order chi connectivity index (χ1) is 9.58. The third kappa shape index (κ3) is 3.87. The molecule has 0 unspecified atom stereocenters. The molecule has 108 valence electrons. The van der Waals surface area contributed by atoms with E-state index in [9.17, 15) is 9.59 Å². The fourth-order valence-corrected chi connectivity index (χ4v) is 2.53. The first-order valence-electron chi connectivity index (χ1n) is 6.59. The predicted octanol–water partition coefficient (Wildman–Crippen LogP) is 3.33. The van der Waals surface area contributed by atoms with E-state index in [-0.39, 0.29) is 23.3 Å². The fraction of sp³-hybridized carbons (Fsp3) is 0.429. The lowest BCUT2D eigenvalue weighted by Gasteiger charge is -2.26. The van der Waals surface area contributed by atoms with Gasteiger partial charge in [0.15, 0.2) is 0 Å². The van der Waals surface area contributed by atoms with E-state index in [1.807, 2.05) is 0 Å². The lowest BCUT2D eigenvalue weighted by atomic mass is 10.1. The number of benzene rings is 1. The van der Waals surface area contributed by atoms with Gasteiger partial charge in [0.2, 0.25) is 11.8 Å². The Hall–Kier alpha value is -1.26. The molecule has 0 radical (unpaired) electrons. The molecule has 0 saturated carbocycles. The van der Waals surface area contributed by atoms with Crippen LogP contribution in [0.4, 0.5) is 5.69 Å². The van der Waals surface area contributed by atoms with E-state index in [0.717, 1.165) is 32.4 Å². The summed E-state index contributed by atoms with van der Waals surface area (Å²) in [7, 11) is 0. The molecular formula is C14H16Cl2N2O2. The Morgan fingerprint density at radius 1 is 1.15 bits per heavy atom. The number of carbonyl (C=O) groups excluding carboxylic acids is 2. The van der Waals surface area contributed by atoms with Crippen LogP contribution >= 0.6 is 23.2 Å². The summed E-state index contributed by atoms with van der Waals surface area (Å²) in [5.74, 6) is -0.509. The molecule has 2 amide bonds. The van der Waals surface area contributed by atoms with Gasteiger partial charge in [0, 0.05) is 13.1 Å². The summed E-state index contributed by atoms with van der Waals surface area (Å²) < 4.78 is 0. The number of hydrogen-bond donors (Lipinski definition) is 1. The zero-order valence-corrected chi connectivity index (χ0v) is 12.5. The van der Waals surface area contributed by atoms with Crippen LogP contribution in [0.25, 0.3) is 0 Å². The van der Waals surface area contributed by atoms with Gasteiger partial charge in [-0.15, -0.1) is 0 Å². The Bertz CT molecular complexity index is 514. The Kier molecular flexibility index (Phi) is 5.26. The summed E-state index contributed by atoms with van der Waals surface area (Å²) in [4.78, 5) is 25.6. The van der Waals surface area contributed by atoms with Crippen LogP contribution in [-0.2, 0) is 9.59 Å². The maximum atomic E-state index is 12.0. The van der Waals surface area contributed by atoms with Crippen LogP contribution in [0.2, 0.25) is 10.0 Å². The minimum atomic E-state index is -0.371. The maximum Gasteiger partial charge on any atom is 0.233 e. The minimum Gasteiger partial charge on any atom is -0.342 e. The quantitative estimate of drug-likeness (QED) is 0.870. The van der Waals surface area contributed by atoms with Crippen molar-refractivity contribution in [2.45, 2.75) is 25.7 Å². The van der Waals surface area contributed by atoms with Crippen LogP contribution < -0.4 is 5.32 Å². The minimum absolute atomic E-state index is 0.139. The summed E-state index contributed by atoms with van der Waals surface area (Å²) in [5.41, 5.74) is 0.426. The van der Waals surface area contributed by atoms with Crippen LogP contribution in [0.1, 0.15) is 25.7 Å². The Labute approximate surface area is 128 Å². The maximum absolute atomic E-state index is 12.0. The second-order valence-corrected chi connectivity index (χ2v) is 5.55. The normalized spacial score (nSPS) is 15.0. The Balaban J connectivity index is 1.91. The van der Waals surface area contributed by atoms with Crippen LogP contribution in [0.15, 0.2) is 18.2 Å². The van der Waals surface area contributed by atoms with Crippen molar-refractivity contribution in [1.29, 1.82) is 0 Å². The predicted molar refractivity (Wildman–Crippen MR) is 80.1 cm³/mol. The molecule has 1 fully saturated rings. The third-order valence-electron chi connectivity index (χ3n) is 3.25. The fourth-order valence-electron chi connectivity index (χ4n) is 2.19. The molecule has 2 rings (SSSR count). The van der Waals surface area contributed by atoms with Crippen molar-refractivity contribution in [3.63, 3.8) is 0 Å². The number of nitrogens with zero attached hydrogens (tertiary/aromatic N) is 1. The topological polar surface area (TPSA) is 49.4 Å². The second kappa shape index (κ2) is 6.95. The number of hydrogen-bond acceptors (Lipinski definition) is 2. The molecule has 1 N–H and O–H groups in total. The van der Waals surface area contributed by atoms with Crippen molar-refractivity contribution in [2.75, 3.05) is 18.4 Å². The van der Waals surface area contributed by atoms with Gasteiger partial charge in [-0.05, 0) is 31.4 Å². The molecule has 0 aliphatic carbocycles. The van der Waals surface area contributed by atoms with Gasteiger partial charge in [-0.3, -0.25) is 9.59 Å². The molecule has 1 heterocycles. The van der Waals surface area contributed by atoms with E-state index in [1.165, 1.54) is 0 Å². The number of halogens is 2. The lowest BCUT2D eigenvalue weighted by molar-refractivity contribution is -0.135. The van der Waals surface area contributed by atoms with Crippen molar-refractivity contribution >= 4 is 40.7 Å². The van der Waals surface area contributed by atoms with E-state index < -0.39 is 0 Å². The molecule has 1 aromatic carbocycles. The van der Waals surface area contributed by atoms with Crippen molar-refractivity contribution in [3.8, 4) is 0 Å². The zero-order valence-electron chi connectivity index (χ0n) is 11.0. The molecule has 6 heteroatoms. The van der Waals surface area contributed by atoms with Gasteiger partial charge < -0.3 is 10.2 Å². The van der Waals surface area contributed by atoms with Crippen LogP contribution in [0.3, 0.4) is 0 Å². The number of nitrogens with one attached hydrogen (secondary N) is 1. The first kappa shape index (κ1) is 15.1. The van der Waals surface area contributed by atoms with E-state index in [4.69, 9.17) is 23.2 Å². The molecule has 0 spiro atoms. The monoisotopic (exact) mass is 314 g/mol. The van der Waals surface area contributed by atoms with Gasteiger partial charge in [-0.2, -0.15) is 0 Å². The summed E-state index contributed by atoms with van der Waals surface area (Å²) >= 11 is 11.8. The number of rotatable bonds is 3. The average Bonchev–Trinajstić information content (AvgIpc) is 2.45. The van der Waals surface area contributed by atoms with Crippen LogP contribution in [0, 0.1) is 0 Å². The van der Waals surface area contributed by atoms with Crippen LogP contribution in [0.5, 0.6) is 0 Å². The second-order valence-electron chi connectivity index (χ2n) is 4.77.